The highest BCUT2D eigenvalue weighted by molar-refractivity contribution is 6.38. The molecule has 0 radical (unpaired) electrons. The molecule has 11 atom stereocenters. The monoisotopic (exact) mass is 1290 g/mol. The van der Waals surface area contributed by atoms with E-state index in [1.165, 1.54) is 14.7 Å². The van der Waals surface area contributed by atoms with E-state index in [-0.39, 0.29) is 65.5 Å². The van der Waals surface area contributed by atoms with E-state index in [1.54, 1.807) is 91.1 Å². The average Bonchev–Trinajstić information content (AvgIpc) is 1.53. The van der Waals surface area contributed by atoms with E-state index in [1.807, 2.05) is 87.5 Å². The number of carbonyl (C=O) groups is 9. The number of piperidine rings is 1. The van der Waals surface area contributed by atoms with Crippen molar-refractivity contribution in [2.45, 2.75) is 186 Å². The molecule has 23 nitrogen and oxygen atoms in total. The summed E-state index contributed by atoms with van der Waals surface area (Å²) in [5, 5.41) is 31.0. The first-order valence-corrected chi connectivity index (χ1v) is 32.2. The molecule has 3 aliphatic rings. The van der Waals surface area contributed by atoms with Gasteiger partial charge in [0, 0.05) is 34.7 Å². The minimum absolute atomic E-state index is 0. The van der Waals surface area contributed by atoms with Crippen LogP contribution in [-0.2, 0) is 43.1 Å². The summed E-state index contributed by atoms with van der Waals surface area (Å²) in [6.45, 7) is 16.3. The zero-order valence-corrected chi connectivity index (χ0v) is 56.5. The number of allylic oxidation sites excluding steroid dienone is 3. The Balaban J connectivity index is 0.000000470. The number of carbonyl (C=O) groups excluding carboxylic acids is 9. The molecule has 514 valence electrons. The van der Waals surface area contributed by atoms with Crippen molar-refractivity contribution >= 4 is 53.2 Å². The second-order valence-electron chi connectivity index (χ2n) is 25.9. The predicted molar refractivity (Wildman–Crippen MR) is 358 cm³/mol. The third-order valence-electron chi connectivity index (χ3n) is 17.4. The molecule has 0 spiro atoms. The maximum absolute atomic E-state index is 14.2. The lowest BCUT2D eigenvalue weighted by atomic mass is 9.97. The van der Waals surface area contributed by atoms with Gasteiger partial charge in [-0.2, -0.15) is 0 Å². The highest BCUT2D eigenvalue weighted by Crippen LogP contribution is 2.65. The van der Waals surface area contributed by atoms with Gasteiger partial charge in [-0.15, -0.1) is 6.58 Å². The van der Waals surface area contributed by atoms with Gasteiger partial charge in [0.15, 0.2) is 0 Å². The standard InChI is InChI=1S/C40H58N6O8.C18H28N2O2.C12H18N2O2.H2O/c1-39(2,3)54-38(53)43-28-22-18-13-11-9-8-10-12-17-21-27(42-34(49)32-30-26(40(30,4)5)24-46(32)36(28)51)33(48)35(50)41-23-29(47)44-31(37(52)45(6)7)25-19-15-14-16-20-25;1-4-5-6-10-13-16(19)18(22)20(3)14(2)17(21)15-11-8-7-9-12-15;1-9(14(2)11(15)8-13)12(16)10-6-4-3-5-7-10;/h8-9,14-16,19-20,26-28,30-32H,10-13,17-18,21-24H2,1-7H3,(H,41,50)(H,42,49)(H,43,53)(H,44,47);4,7-9,11-12,14,16-17,21H,1,5-6,10,13,19H2,2-3H3;3-7,9,12,16H,8,13H2,1-2H3;1H2/b9-8+;;;/t26?,27-,28-,30?,31-,32-;14-,16+,17+;9-,12+;/m011./s1. The van der Waals surface area contributed by atoms with E-state index < -0.39 is 90.1 Å². The summed E-state index contributed by atoms with van der Waals surface area (Å²) in [5.74, 6) is -4.39. The van der Waals surface area contributed by atoms with Crippen LogP contribution in [0.15, 0.2) is 116 Å². The Bertz CT molecular complexity index is 2930. The number of alkyl carbamates (subject to hydrolysis) is 1. The van der Waals surface area contributed by atoms with Crippen molar-refractivity contribution in [1.29, 1.82) is 0 Å². The fourth-order valence-electron chi connectivity index (χ4n) is 11.4. The van der Waals surface area contributed by atoms with Crippen molar-refractivity contribution in [3.05, 3.63) is 132 Å². The van der Waals surface area contributed by atoms with Crippen LogP contribution in [-0.4, -0.2) is 178 Å². The lowest BCUT2D eigenvalue weighted by Gasteiger charge is -2.34. The molecule has 2 fully saturated rings. The Morgan fingerprint density at radius 1 is 0.774 bits per heavy atom. The maximum Gasteiger partial charge on any atom is 0.408 e. The number of hydrogen-bond acceptors (Lipinski definition) is 14. The topological polar surface area (TPSA) is 348 Å². The Labute approximate surface area is 550 Å². The number of ether oxygens (including phenoxy) is 1. The van der Waals surface area contributed by atoms with Gasteiger partial charge in [-0.1, -0.05) is 142 Å². The van der Waals surface area contributed by atoms with Crippen molar-refractivity contribution in [2.24, 2.45) is 28.7 Å². The number of hydrogen-bond donors (Lipinski definition) is 8. The molecule has 0 bridgehead atoms. The molecule has 3 aromatic rings. The molecule has 6 rings (SSSR count). The number of aliphatic hydroxyl groups is 2. The van der Waals surface area contributed by atoms with E-state index in [4.69, 9.17) is 16.2 Å². The molecule has 1 saturated heterocycles. The summed E-state index contributed by atoms with van der Waals surface area (Å²) in [6.07, 6.45) is 12.2. The zero-order valence-electron chi connectivity index (χ0n) is 56.5. The molecule has 2 heterocycles. The largest absolute Gasteiger partial charge is 0.444 e. The van der Waals surface area contributed by atoms with Crippen LogP contribution in [0.3, 0.4) is 0 Å². The van der Waals surface area contributed by atoms with Crippen molar-refractivity contribution in [3.63, 3.8) is 0 Å². The number of ketones is 1. The van der Waals surface area contributed by atoms with Crippen LogP contribution in [0, 0.1) is 17.3 Å². The van der Waals surface area contributed by atoms with Crippen LogP contribution in [0.2, 0.25) is 0 Å². The van der Waals surface area contributed by atoms with E-state index in [0.717, 1.165) is 49.7 Å². The Kier molecular flexibility index (Phi) is 32.8. The minimum atomic E-state index is -1.21. The van der Waals surface area contributed by atoms with Crippen LogP contribution in [0.25, 0.3) is 0 Å². The lowest BCUT2D eigenvalue weighted by molar-refractivity contribution is -0.144. The first-order chi connectivity index (χ1) is 43.5. The van der Waals surface area contributed by atoms with E-state index in [2.05, 4.69) is 40.0 Å². The van der Waals surface area contributed by atoms with E-state index in [9.17, 15) is 53.4 Å². The molecule has 23 heteroatoms. The van der Waals surface area contributed by atoms with Crippen LogP contribution in [0.1, 0.15) is 160 Å². The molecule has 8 amide bonds. The number of likely N-dealkylation sites (N-methyl/N-ethyl adjacent to an activating group) is 3. The summed E-state index contributed by atoms with van der Waals surface area (Å²) >= 11 is 0. The van der Waals surface area contributed by atoms with Gasteiger partial charge in [-0.05, 0) is 126 Å². The van der Waals surface area contributed by atoms with Gasteiger partial charge in [-0.25, -0.2) is 4.79 Å². The summed E-state index contributed by atoms with van der Waals surface area (Å²) in [5.41, 5.74) is 12.4. The molecule has 2 unspecified atom stereocenters. The van der Waals surface area contributed by atoms with Gasteiger partial charge in [0.05, 0.1) is 49.5 Å². The Morgan fingerprint density at radius 2 is 1.29 bits per heavy atom. The quantitative estimate of drug-likeness (QED) is 0.0371. The van der Waals surface area contributed by atoms with Gasteiger partial charge in [0.2, 0.25) is 41.2 Å². The van der Waals surface area contributed by atoms with Crippen molar-refractivity contribution in [3.8, 4) is 0 Å². The normalized spacial score (nSPS) is 20.9. The number of benzene rings is 3. The number of nitrogens with two attached hydrogens (primary N) is 2. The summed E-state index contributed by atoms with van der Waals surface area (Å²) in [6, 6.07) is 22.1. The Morgan fingerprint density at radius 3 is 1.80 bits per heavy atom. The molecule has 3 aromatic carbocycles. The van der Waals surface area contributed by atoms with Crippen LogP contribution >= 0.6 is 0 Å². The predicted octanol–water partition coefficient (Wildman–Crippen LogP) is 5.51. The SMILES string of the molecule is C=CCCCC[C@H](N)C(=O)N(C)[C@H](C)[C@H](O)c1ccccc1.CN(C)C(=O)[C@@H](NC(=O)CNC(=O)C(=O)[C@@H]1CCCC/C=C/CCCC[C@H](NC(=O)OC(C)(C)C)C(=O)N2CC3C([C@H]2C(=O)N1)C3(C)C)c1ccccc1.C[C@H]([C@H](O)c1ccccc1)N(C)C(=O)CN.O. The molecule has 1 aliphatic carbocycles. The fourth-order valence-corrected chi connectivity index (χ4v) is 11.4. The van der Waals surface area contributed by atoms with Gasteiger partial charge < -0.3 is 72.8 Å². The van der Waals surface area contributed by atoms with Crippen molar-refractivity contribution in [2.75, 3.05) is 47.8 Å². The third-order valence-corrected chi connectivity index (χ3v) is 17.4. The fraction of sp³-hybridized carbons (Fsp3) is 0.557. The molecular weight excluding hydrogens is 1190 g/mol. The summed E-state index contributed by atoms with van der Waals surface area (Å²) in [7, 11) is 6.47. The lowest BCUT2D eigenvalue weighted by Crippen LogP contribution is -2.58. The summed E-state index contributed by atoms with van der Waals surface area (Å²) < 4.78 is 5.47. The number of unbranched alkanes of at least 4 members (excludes halogenated alkanes) is 2. The van der Waals surface area contributed by atoms with Gasteiger partial charge in [-0.3, -0.25) is 38.4 Å². The number of nitrogens with zero attached hydrogens (tertiary/aromatic N) is 4. The molecular formula is C70H106N10O13. The number of amides is 8. The highest BCUT2D eigenvalue weighted by Gasteiger charge is 2.69. The highest BCUT2D eigenvalue weighted by atomic mass is 16.6. The first kappa shape index (κ1) is 79.4. The number of rotatable bonds is 21. The van der Waals surface area contributed by atoms with Crippen LogP contribution < -0.4 is 32.7 Å². The van der Waals surface area contributed by atoms with Gasteiger partial charge in [0.25, 0.3) is 5.91 Å². The second kappa shape index (κ2) is 38.4. The average molecular weight is 1300 g/mol. The van der Waals surface area contributed by atoms with E-state index >= 15 is 0 Å². The first-order valence-electron chi connectivity index (χ1n) is 32.2. The number of fused-ring (bicyclic) bond motifs is 3. The molecule has 2 aliphatic heterocycles. The second-order valence-corrected chi connectivity index (χ2v) is 25.9. The van der Waals surface area contributed by atoms with Crippen LogP contribution in [0.5, 0.6) is 0 Å². The number of Topliss-reactive ketones (excluding diaryl/α,β-unsaturated/α-hetero) is 1. The minimum Gasteiger partial charge on any atom is -0.444 e. The Hall–Kier alpha value is -7.83. The molecule has 93 heavy (non-hydrogen) atoms. The molecule has 0 aromatic heterocycles. The summed E-state index contributed by atoms with van der Waals surface area (Å²) in [4.78, 5) is 124. The third kappa shape index (κ3) is 24.2. The van der Waals surface area contributed by atoms with Gasteiger partial charge >= 0.3 is 6.09 Å². The van der Waals surface area contributed by atoms with Crippen LogP contribution in [0.4, 0.5) is 4.79 Å². The molecule has 1 saturated carbocycles. The van der Waals surface area contributed by atoms with Gasteiger partial charge in [0.1, 0.15) is 23.7 Å². The van der Waals surface area contributed by atoms with Crippen molar-refractivity contribution in [1.82, 2.24) is 40.9 Å². The van der Waals surface area contributed by atoms with E-state index in [0.29, 0.717) is 44.2 Å². The maximum atomic E-state index is 14.2. The van der Waals surface area contributed by atoms with Crippen molar-refractivity contribution < 1.29 is 63.6 Å². The molecule has 12 N–H and O–H groups in total. The number of nitrogens with one attached hydrogen (secondary N) is 4. The smallest absolute Gasteiger partial charge is 0.408 e. The zero-order chi connectivity index (χ0) is 68.5. The number of aliphatic hydroxyl groups excluding tert-OH is 2.